The van der Waals surface area contributed by atoms with E-state index in [1.54, 1.807) is 37.2 Å². The van der Waals surface area contributed by atoms with Crippen LogP contribution in [0.15, 0.2) is 30.0 Å². The van der Waals surface area contributed by atoms with Gasteiger partial charge in [0, 0.05) is 42.4 Å². The van der Waals surface area contributed by atoms with Crippen LogP contribution in [-0.4, -0.2) is 52.3 Å². The first-order valence-corrected chi connectivity index (χ1v) is 10.7. The molecular weight excluding hydrogens is 455 g/mol. The van der Waals surface area contributed by atoms with E-state index in [4.69, 9.17) is 0 Å². The van der Waals surface area contributed by atoms with Gasteiger partial charge in [-0.05, 0) is 53.6 Å². The third kappa shape index (κ3) is 4.81. The minimum absolute atomic E-state index is 0.0943. The third-order valence-electron chi connectivity index (χ3n) is 3.89. The molecule has 0 spiro atoms. The van der Waals surface area contributed by atoms with Crippen LogP contribution >= 0.6 is 22.6 Å². The number of nitrogens with zero attached hydrogens (tertiary/aromatic N) is 2. The van der Waals surface area contributed by atoms with E-state index in [0.717, 1.165) is 27.0 Å². The molecule has 0 saturated heterocycles. The molecule has 0 unspecified atom stereocenters. The normalized spacial score (nSPS) is 15.0. The molecule has 1 fully saturated rings. The van der Waals surface area contributed by atoms with E-state index in [0.29, 0.717) is 0 Å². The second-order valence-electron chi connectivity index (χ2n) is 6.37. The Balaban J connectivity index is 2.55. The summed E-state index contributed by atoms with van der Waals surface area (Å²) >= 11 is 2.06. The lowest BCUT2D eigenvalue weighted by atomic mass is 9.97. The minimum Gasteiger partial charge on any atom is -0.383 e. The molecule has 0 aromatic heterocycles. The standard InChI is InChI=1S/C17H21IN2O4S/c1-19(2)10-14(16(21)11-5-6-11)17(22)13-8-7-12(18)9-15(13)20(3)25(4,23)24/h7-11H,5-6H2,1-4H3. The van der Waals surface area contributed by atoms with Crippen LogP contribution in [0.25, 0.3) is 0 Å². The number of hydrogen-bond acceptors (Lipinski definition) is 5. The molecule has 0 amide bonds. The highest BCUT2D eigenvalue weighted by Crippen LogP contribution is 2.34. The van der Waals surface area contributed by atoms with Gasteiger partial charge in [0.25, 0.3) is 0 Å². The van der Waals surface area contributed by atoms with E-state index < -0.39 is 15.8 Å². The van der Waals surface area contributed by atoms with E-state index >= 15 is 0 Å². The van der Waals surface area contributed by atoms with Crippen molar-refractivity contribution in [1.29, 1.82) is 0 Å². The number of anilines is 1. The lowest BCUT2D eigenvalue weighted by Crippen LogP contribution is -2.28. The van der Waals surface area contributed by atoms with Gasteiger partial charge >= 0.3 is 0 Å². The van der Waals surface area contributed by atoms with Gasteiger partial charge in [0.2, 0.25) is 10.0 Å². The molecule has 0 atom stereocenters. The van der Waals surface area contributed by atoms with E-state index in [9.17, 15) is 18.0 Å². The number of allylic oxidation sites excluding steroid dienone is 1. The molecule has 1 aromatic rings. The lowest BCUT2D eigenvalue weighted by Gasteiger charge is -2.21. The van der Waals surface area contributed by atoms with Crippen LogP contribution in [0.3, 0.4) is 0 Å². The summed E-state index contributed by atoms with van der Waals surface area (Å²) in [6.07, 6.45) is 4.18. The third-order valence-corrected chi connectivity index (χ3v) is 5.75. The molecule has 1 aliphatic carbocycles. The zero-order chi connectivity index (χ0) is 18.9. The van der Waals surface area contributed by atoms with Crippen molar-refractivity contribution in [3.63, 3.8) is 0 Å². The summed E-state index contributed by atoms with van der Waals surface area (Å²) in [4.78, 5) is 27.3. The number of ketones is 2. The molecule has 0 heterocycles. The maximum absolute atomic E-state index is 13.1. The van der Waals surface area contributed by atoms with Crippen LogP contribution in [0, 0.1) is 9.49 Å². The number of rotatable bonds is 7. The van der Waals surface area contributed by atoms with Crippen LogP contribution in [0.4, 0.5) is 5.69 Å². The Bertz CT molecular complexity index is 842. The summed E-state index contributed by atoms with van der Waals surface area (Å²) in [5.74, 6) is -0.729. The average Bonchev–Trinajstić information content (AvgIpc) is 3.34. The van der Waals surface area contributed by atoms with Gasteiger partial charge in [0.1, 0.15) is 0 Å². The summed E-state index contributed by atoms with van der Waals surface area (Å²) in [7, 11) is 1.34. The van der Waals surface area contributed by atoms with Crippen molar-refractivity contribution in [2.24, 2.45) is 5.92 Å². The van der Waals surface area contributed by atoms with Crippen molar-refractivity contribution in [3.8, 4) is 0 Å². The number of sulfonamides is 1. The van der Waals surface area contributed by atoms with Crippen LogP contribution in [0.2, 0.25) is 0 Å². The Kier molecular flexibility index (Phi) is 5.93. The first kappa shape index (κ1) is 19.9. The molecule has 8 heteroatoms. The van der Waals surface area contributed by atoms with Gasteiger partial charge in [-0.1, -0.05) is 0 Å². The summed E-state index contributed by atoms with van der Waals surface area (Å²) in [5, 5.41) is 0. The smallest absolute Gasteiger partial charge is 0.232 e. The summed E-state index contributed by atoms with van der Waals surface area (Å²) in [5.41, 5.74) is 0.569. The van der Waals surface area contributed by atoms with Gasteiger partial charge in [-0.2, -0.15) is 0 Å². The van der Waals surface area contributed by atoms with Crippen molar-refractivity contribution < 1.29 is 18.0 Å². The van der Waals surface area contributed by atoms with Crippen LogP contribution < -0.4 is 4.31 Å². The van der Waals surface area contributed by atoms with Gasteiger partial charge in [0.05, 0.1) is 17.5 Å². The van der Waals surface area contributed by atoms with E-state index in [1.165, 1.54) is 13.2 Å². The van der Waals surface area contributed by atoms with Crippen molar-refractivity contribution in [2.45, 2.75) is 12.8 Å². The fraction of sp³-hybridized carbons (Fsp3) is 0.412. The van der Waals surface area contributed by atoms with E-state index in [-0.39, 0.29) is 28.5 Å². The zero-order valence-corrected chi connectivity index (χ0v) is 17.6. The first-order chi connectivity index (χ1) is 11.5. The molecule has 0 radical (unpaired) electrons. The van der Waals surface area contributed by atoms with Crippen LogP contribution in [-0.2, 0) is 14.8 Å². The quantitative estimate of drug-likeness (QED) is 0.199. The molecule has 6 nitrogen and oxygen atoms in total. The maximum Gasteiger partial charge on any atom is 0.232 e. The Morgan fingerprint density at radius 2 is 1.80 bits per heavy atom. The van der Waals surface area contributed by atoms with Crippen molar-refractivity contribution in [2.75, 3.05) is 31.7 Å². The Morgan fingerprint density at radius 1 is 1.20 bits per heavy atom. The number of halogens is 1. The molecule has 1 aromatic carbocycles. The molecule has 25 heavy (non-hydrogen) atoms. The Morgan fingerprint density at radius 3 is 2.28 bits per heavy atom. The molecule has 0 N–H and O–H groups in total. The van der Waals surface area contributed by atoms with Gasteiger partial charge in [-0.15, -0.1) is 0 Å². The molecular formula is C17H21IN2O4S. The molecule has 0 bridgehead atoms. The van der Waals surface area contributed by atoms with Crippen LogP contribution in [0.5, 0.6) is 0 Å². The van der Waals surface area contributed by atoms with Crippen molar-refractivity contribution in [1.82, 2.24) is 4.90 Å². The summed E-state index contributed by atoms with van der Waals surface area (Å²) in [6.45, 7) is 0. The molecule has 1 saturated carbocycles. The second-order valence-corrected chi connectivity index (χ2v) is 9.63. The van der Waals surface area contributed by atoms with E-state index in [2.05, 4.69) is 22.6 Å². The number of carbonyl (C=O) groups excluding carboxylic acids is 2. The Hall–Kier alpha value is -1.42. The monoisotopic (exact) mass is 476 g/mol. The largest absolute Gasteiger partial charge is 0.383 e. The van der Waals surface area contributed by atoms with Crippen LogP contribution in [0.1, 0.15) is 23.2 Å². The topological polar surface area (TPSA) is 74.8 Å². The zero-order valence-electron chi connectivity index (χ0n) is 14.6. The number of Topliss-reactive ketones (excluding diaryl/α,β-unsaturated/α-hetero) is 2. The SMILES string of the molecule is CN(C)C=C(C(=O)c1ccc(I)cc1N(C)S(C)(=O)=O)C(=O)C1CC1. The highest BCUT2D eigenvalue weighted by atomic mass is 127. The predicted molar refractivity (Wildman–Crippen MR) is 106 cm³/mol. The average molecular weight is 476 g/mol. The summed E-state index contributed by atoms with van der Waals surface area (Å²) in [6, 6.07) is 4.93. The molecule has 0 aliphatic heterocycles. The fourth-order valence-electron chi connectivity index (χ4n) is 2.34. The molecule has 1 aliphatic rings. The molecule has 136 valence electrons. The minimum atomic E-state index is -3.54. The first-order valence-electron chi connectivity index (χ1n) is 7.73. The number of carbonyl (C=O) groups is 2. The number of benzene rings is 1. The van der Waals surface area contributed by atoms with Crippen molar-refractivity contribution >= 4 is 49.9 Å². The predicted octanol–water partition coefficient (Wildman–Crippen LogP) is 2.29. The lowest BCUT2D eigenvalue weighted by molar-refractivity contribution is -0.116. The van der Waals surface area contributed by atoms with Gasteiger partial charge in [-0.3, -0.25) is 13.9 Å². The fourth-order valence-corrected chi connectivity index (χ4v) is 3.32. The highest BCUT2D eigenvalue weighted by molar-refractivity contribution is 14.1. The molecule has 2 rings (SSSR count). The summed E-state index contributed by atoms with van der Waals surface area (Å²) < 4.78 is 25.7. The van der Waals surface area contributed by atoms with Crippen molar-refractivity contribution in [3.05, 3.63) is 39.1 Å². The maximum atomic E-state index is 13.1. The van der Waals surface area contributed by atoms with E-state index in [1.807, 2.05) is 0 Å². The van der Waals surface area contributed by atoms with Gasteiger partial charge in [0.15, 0.2) is 11.6 Å². The Labute approximate surface area is 162 Å². The second kappa shape index (κ2) is 7.45. The number of hydrogen-bond donors (Lipinski definition) is 0. The highest BCUT2D eigenvalue weighted by Gasteiger charge is 2.35. The van der Waals surface area contributed by atoms with Gasteiger partial charge in [-0.25, -0.2) is 8.42 Å². The van der Waals surface area contributed by atoms with Gasteiger partial charge < -0.3 is 4.90 Å².